The Morgan fingerprint density at radius 1 is 0.627 bits per heavy atom. The summed E-state index contributed by atoms with van der Waals surface area (Å²) in [5.41, 5.74) is 18.1. The summed E-state index contributed by atoms with van der Waals surface area (Å²) in [6.07, 6.45) is 31.4. The fourth-order valence-corrected chi connectivity index (χ4v) is 14.7. The van der Waals surface area contributed by atoms with Gasteiger partial charge >= 0.3 is 0 Å². The summed E-state index contributed by atoms with van der Waals surface area (Å²) in [6.45, 7) is 9.56. The Kier molecular flexibility index (Phi) is 7.57. The van der Waals surface area contributed by atoms with E-state index < -0.39 is 8.07 Å². The second-order valence-electron chi connectivity index (χ2n) is 17.9. The average Bonchev–Trinajstić information content (AvgIpc) is 3.67. The molecule has 5 aliphatic carbocycles. The SMILES string of the molecule is C/C=C\C1=C(C)C2=CC=CC3=C(c4ccc5c(C6=CC=C7C=CC=CC7C6)c6cc7c(cc6c(-c6ccc8ccccc8c6)c5c4)[Si](C)(C)c4ccccc4-7)C=CC1C23. The Balaban J connectivity index is 1.18. The monoisotopic (exact) mass is 770 g/mol. The quantitative estimate of drug-likeness (QED) is 0.124. The van der Waals surface area contributed by atoms with Gasteiger partial charge in [-0.25, -0.2) is 0 Å². The van der Waals surface area contributed by atoms with Gasteiger partial charge in [0.25, 0.3) is 0 Å². The largest absolute Gasteiger partial charge is 0.113 e. The van der Waals surface area contributed by atoms with Gasteiger partial charge < -0.3 is 0 Å². The van der Waals surface area contributed by atoms with E-state index >= 15 is 0 Å². The Hall–Kier alpha value is -6.28. The maximum atomic E-state index is 2.65. The van der Waals surface area contributed by atoms with Gasteiger partial charge in [-0.05, 0) is 154 Å². The highest BCUT2D eigenvalue weighted by atomic mass is 28.3. The van der Waals surface area contributed by atoms with Crippen LogP contribution in [0.5, 0.6) is 0 Å². The van der Waals surface area contributed by atoms with Crippen molar-refractivity contribution in [3.8, 4) is 22.3 Å². The highest BCUT2D eigenvalue weighted by Crippen LogP contribution is 2.53. The van der Waals surface area contributed by atoms with Crippen molar-refractivity contribution >= 4 is 61.9 Å². The van der Waals surface area contributed by atoms with E-state index in [1.54, 1.807) is 10.4 Å². The second kappa shape index (κ2) is 12.9. The summed E-state index contributed by atoms with van der Waals surface area (Å²) in [6, 6.07) is 37.9. The zero-order valence-electron chi connectivity index (χ0n) is 34.2. The first kappa shape index (κ1) is 34.7. The predicted molar refractivity (Wildman–Crippen MR) is 257 cm³/mol. The summed E-state index contributed by atoms with van der Waals surface area (Å²) < 4.78 is 0. The Morgan fingerprint density at radius 2 is 1.44 bits per heavy atom. The summed E-state index contributed by atoms with van der Waals surface area (Å²) in [5.74, 6) is 1.12. The zero-order valence-corrected chi connectivity index (χ0v) is 35.2. The minimum atomic E-state index is -1.97. The van der Waals surface area contributed by atoms with E-state index in [0.717, 1.165) is 6.42 Å². The molecule has 0 aromatic heterocycles. The Labute approximate surface area is 348 Å². The van der Waals surface area contributed by atoms with Gasteiger partial charge in [0.05, 0.1) is 0 Å². The zero-order chi connectivity index (χ0) is 39.6. The molecule has 0 radical (unpaired) electrons. The lowest BCUT2D eigenvalue weighted by molar-refractivity contribution is 0.631. The van der Waals surface area contributed by atoms with E-state index in [2.05, 4.69) is 203 Å². The normalized spacial score (nSPS) is 22.0. The lowest BCUT2D eigenvalue weighted by atomic mass is 9.73. The molecule has 1 heteroatoms. The van der Waals surface area contributed by atoms with Crippen molar-refractivity contribution in [3.05, 3.63) is 215 Å². The molecule has 0 fully saturated rings. The third kappa shape index (κ3) is 5.01. The molecule has 282 valence electrons. The first-order chi connectivity index (χ1) is 28.9. The molecule has 0 N–H and O–H groups in total. The van der Waals surface area contributed by atoms with Crippen molar-refractivity contribution in [1.29, 1.82) is 0 Å². The molecule has 6 aromatic carbocycles. The molecule has 3 atom stereocenters. The van der Waals surface area contributed by atoms with E-state index in [4.69, 9.17) is 0 Å². The van der Waals surface area contributed by atoms with Gasteiger partial charge in [0.15, 0.2) is 0 Å². The number of hydrogen-bond acceptors (Lipinski definition) is 0. The molecule has 0 saturated carbocycles. The smallest absolute Gasteiger partial charge is 0.0874 e. The molecule has 0 nitrogen and oxygen atoms in total. The van der Waals surface area contributed by atoms with Gasteiger partial charge in [-0.15, -0.1) is 0 Å². The van der Waals surface area contributed by atoms with Crippen LogP contribution in [0.2, 0.25) is 13.1 Å². The average molecular weight is 771 g/mol. The first-order valence-electron chi connectivity index (χ1n) is 21.5. The fraction of sp³-hybridized carbons (Fsp3) is 0.138. The van der Waals surface area contributed by atoms with Crippen LogP contribution < -0.4 is 10.4 Å². The molecule has 0 spiro atoms. The molecule has 6 aliphatic rings. The van der Waals surface area contributed by atoms with Crippen LogP contribution in [0.3, 0.4) is 0 Å². The summed E-state index contributed by atoms with van der Waals surface area (Å²) in [7, 11) is -1.97. The number of benzene rings is 6. The third-order valence-electron chi connectivity index (χ3n) is 14.5. The lowest BCUT2D eigenvalue weighted by Gasteiger charge is -2.30. The minimum absolute atomic E-state index is 0.358. The third-order valence-corrected chi connectivity index (χ3v) is 18.1. The van der Waals surface area contributed by atoms with Crippen LogP contribution in [0, 0.1) is 17.8 Å². The van der Waals surface area contributed by atoms with Crippen molar-refractivity contribution in [1.82, 2.24) is 0 Å². The predicted octanol–water partition coefficient (Wildman–Crippen LogP) is 14.0. The molecular formula is C58H46Si. The molecular weight excluding hydrogens is 725 g/mol. The van der Waals surface area contributed by atoms with Gasteiger partial charge in [-0.3, -0.25) is 0 Å². The molecule has 59 heavy (non-hydrogen) atoms. The topological polar surface area (TPSA) is 0 Å². The van der Waals surface area contributed by atoms with Crippen molar-refractivity contribution in [3.63, 3.8) is 0 Å². The van der Waals surface area contributed by atoms with E-state index in [1.165, 1.54) is 105 Å². The van der Waals surface area contributed by atoms with Gasteiger partial charge in [0.2, 0.25) is 0 Å². The molecule has 6 aromatic rings. The molecule has 0 amide bonds. The Morgan fingerprint density at radius 3 is 2.34 bits per heavy atom. The highest BCUT2D eigenvalue weighted by molar-refractivity contribution is 7.04. The van der Waals surface area contributed by atoms with Crippen LogP contribution >= 0.6 is 0 Å². The molecule has 1 heterocycles. The summed E-state index contributed by atoms with van der Waals surface area (Å²) in [5, 5.41) is 11.1. The van der Waals surface area contributed by atoms with Crippen LogP contribution in [0.4, 0.5) is 0 Å². The van der Waals surface area contributed by atoms with Crippen LogP contribution in [0.1, 0.15) is 31.4 Å². The van der Waals surface area contributed by atoms with Crippen molar-refractivity contribution in [2.75, 3.05) is 0 Å². The second-order valence-corrected chi connectivity index (χ2v) is 22.2. The van der Waals surface area contributed by atoms with Gasteiger partial charge in [-0.2, -0.15) is 0 Å². The molecule has 3 unspecified atom stereocenters. The number of allylic oxidation sites excluding steroid dienone is 20. The van der Waals surface area contributed by atoms with Gasteiger partial charge in [-0.1, -0.05) is 171 Å². The first-order valence-corrected chi connectivity index (χ1v) is 24.5. The summed E-state index contributed by atoms with van der Waals surface area (Å²) in [4.78, 5) is 0. The number of hydrogen-bond donors (Lipinski definition) is 0. The van der Waals surface area contributed by atoms with Crippen molar-refractivity contribution < 1.29 is 0 Å². The van der Waals surface area contributed by atoms with E-state index in [9.17, 15) is 0 Å². The number of fused-ring (bicyclic) bond motifs is 7. The highest BCUT2D eigenvalue weighted by Gasteiger charge is 2.41. The van der Waals surface area contributed by atoms with E-state index in [-0.39, 0.29) is 0 Å². The number of rotatable bonds is 4. The lowest BCUT2D eigenvalue weighted by Crippen LogP contribution is -2.49. The maximum absolute atomic E-state index is 2.65. The van der Waals surface area contributed by atoms with E-state index in [1.807, 2.05) is 0 Å². The van der Waals surface area contributed by atoms with Gasteiger partial charge in [0.1, 0.15) is 8.07 Å². The van der Waals surface area contributed by atoms with Gasteiger partial charge in [0, 0.05) is 17.8 Å². The molecule has 0 bridgehead atoms. The Bertz CT molecular complexity index is 3230. The molecule has 12 rings (SSSR count). The molecule has 0 saturated heterocycles. The van der Waals surface area contributed by atoms with Crippen LogP contribution in [0.25, 0.3) is 65.7 Å². The maximum Gasteiger partial charge on any atom is 0.113 e. The summed E-state index contributed by atoms with van der Waals surface area (Å²) >= 11 is 0. The van der Waals surface area contributed by atoms with E-state index in [0.29, 0.717) is 17.8 Å². The van der Waals surface area contributed by atoms with Crippen LogP contribution in [-0.4, -0.2) is 8.07 Å². The van der Waals surface area contributed by atoms with Crippen LogP contribution in [-0.2, 0) is 0 Å². The standard InChI is InChI=1S/C58H46Si/c1-5-13-43-35(2)44-19-12-20-47-45(28-29-48(43)58(44)47)40-26-27-49-51(32-40)57(42-25-23-37-15-7-9-17-39(37)31-42)53-34-55-50(46-18-10-11-21-54(46)59(55,3)4)33-52(53)56(49)41-24-22-36-14-6-8-16-38(36)30-41/h5-29,31-34,38,48,58H,30H2,1-4H3/b13-5-. The molecule has 1 aliphatic heterocycles. The van der Waals surface area contributed by atoms with Crippen molar-refractivity contribution in [2.45, 2.75) is 33.4 Å². The fourth-order valence-electron chi connectivity index (χ4n) is 11.7. The van der Waals surface area contributed by atoms with Crippen molar-refractivity contribution in [2.24, 2.45) is 17.8 Å². The van der Waals surface area contributed by atoms with Crippen LogP contribution in [0.15, 0.2) is 204 Å². The minimum Gasteiger partial charge on any atom is -0.0874 e.